The zero-order valence-electron chi connectivity index (χ0n) is 18.0. The fourth-order valence-corrected chi connectivity index (χ4v) is 3.86. The number of carbonyl (C=O) groups excluding carboxylic acids is 2. The Morgan fingerprint density at radius 3 is 2.43 bits per heavy atom. The minimum absolute atomic E-state index is 0.0352. The Labute approximate surface area is 204 Å². The smallest absolute Gasteiger partial charge is 0.364 e. The number of nitrogens with one attached hydrogen (secondary N) is 1. The van der Waals surface area contributed by atoms with Crippen molar-refractivity contribution >= 4 is 44.3 Å². The lowest BCUT2D eigenvalue weighted by molar-refractivity contribution is -0.140. The van der Waals surface area contributed by atoms with Gasteiger partial charge in [0.2, 0.25) is 0 Å². The number of fused-ring (bicyclic) bond motifs is 1. The second kappa shape index (κ2) is 9.10. The van der Waals surface area contributed by atoms with Crippen LogP contribution < -0.4 is 11.1 Å². The van der Waals surface area contributed by atoms with E-state index in [-0.39, 0.29) is 34.4 Å². The van der Waals surface area contributed by atoms with Crippen LogP contribution in [0.25, 0.3) is 10.9 Å². The summed E-state index contributed by atoms with van der Waals surface area (Å²) in [5, 5.41) is 6.80. The molecular formula is C23H16BrF4N5O2. The van der Waals surface area contributed by atoms with E-state index < -0.39 is 29.5 Å². The summed E-state index contributed by atoms with van der Waals surface area (Å²) in [6.45, 7) is 1.69. The van der Waals surface area contributed by atoms with Gasteiger partial charge in [0.25, 0.3) is 11.8 Å². The number of nitrogens with zero attached hydrogens (tertiary/aromatic N) is 3. The number of pyridine rings is 1. The summed E-state index contributed by atoms with van der Waals surface area (Å²) in [5.74, 6) is -2.28. The quantitative estimate of drug-likeness (QED) is 0.339. The first kappa shape index (κ1) is 24.3. The van der Waals surface area contributed by atoms with E-state index in [0.717, 1.165) is 0 Å². The molecule has 3 N–H and O–H groups in total. The van der Waals surface area contributed by atoms with Crippen molar-refractivity contribution in [2.45, 2.75) is 19.6 Å². The molecule has 0 spiro atoms. The monoisotopic (exact) mass is 549 g/mol. The summed E-state index contributed by atoms with van der Waals surface area (Å²) in [5.41, 5.74) is 4.53. The third kappa shape index (κ3) is 5.02. The Balaban J connectivity index is 1.77. The van der Waals surface area contributed by atoms with E-state index in [9.17, 15) is 27.2 Å². The van der Waals surface area contributed by atoms with Crippen molar-refractivity contribution in [2.24, 2.45) is 5.73 Å². The zero-order chi connectivity index (χ0) is 25.5. The standard InChI is InChI=1S/C23H16BrF4N5O2/c1-11-19(20(21(29)34)32-33(11)10-12-2-5-14(25)6-3-12)31-22(35)16-9-18(23(26,27)28)30-17-7-4-13(24)8-15(16)17/h2-9H,10H2,1H3,(H2,29,34)(H,31,35). The number of anilines is 1. The van der Waals surface area contributed by atoms with Gasteiger partial charge in [-0.15, -0.1) is 0 Å². The molecule has 0 saturated heterocycles. The highest BCUT2D eigenvalue weighted by Crippen LogP contribution is 2.32. The van der Waals surface area contributed by atoms with Crippen molar-refractivity contribution in [3.63, 3.8) is 0 Å². The molecule has 4 rings (SSSR count). The topological polar surface area (TPSA) is 103 Å². The molecule has 4 aromatic rings. The molecule has 0 unspecified atom stereocenters. The maximum Gasteiger partial charge on any atom is 0.433 e. The molecule has 0 saturated carbocycles. The lowest BCUT2D eigenvalue weighted by atomic mass is 10.1. The van der Waals surface area contributed by atoms with Gasteiger partial charge in [-0.25, -0.2) is 9.37 Å². The minimum Gasteiger partial charge on any atom is -0.364 e. The molecule has 0 aliphatic heterocycles. The van der Waals surface area contributed by atoms with Gasteiger partial charge in [-0.2, -0.15) is 18.3 Å². The Morgan fingerprint density at radius 1 is 1.11 bits per heavy atom. The molecular weight excluding hydrogens is 534 g/mol. The molecule has 12 heteroatoms. The van der Waals surface area contributed by atoms with Gasteiger partial charge in [-0.3, -0.25) is 14.3 Å². The number of hydrogen-bond acceptors (Lipinski definition) is 4. The molecule has 2 heterocycles. The second-order valence-electron chi connectivity index (χ2n) is 7.63. The second-order valence-corrected chi connectivity index (χ2v) is 8.54. The van der Waals surface area contributed by atoms with Crippen LogP contribution in [0.15, 0.2) is 53.0 Å². The number of carbonyl (C=O) groups is 2. The number of alkyl halides is 3. The number of benzene rings is 2. The SMILES string of the molecule is Cc1c(NC(=O)c2cc(C(F)(F)F)nc3ccc(Br)cc23)c(C(N)=O)nn1Cc1ccc(F)cc1. The van der Waals surface area contributed by atoms with Crippen molar-refractivity contribution in [3.8, 4) is 0 Å². The molecule has 0 aliphatic rings. The number of rotatable bonds is 5. The van der Waals surface area contributed by atoms with E-state index in [4.69, 9.17) is 5.73 Å². The molecule has 2 aromatic heterocycles. The Hall–Kier alpha value is -3.80. The summed E-state index contributed by atoms with van der Waals surface area (Å²) in [6.07, 6.45) is -4.79. The van der Waals surface area contributed by atoms with Gasteiger partial charge < -0.3 is 11.1 Å². The van der Waals surface area contributed by atoms with E-state index in [1.54, 1.807) is 6.92 Å². The number of primary amides is 1. The molecule has 0 bridgehead atoms. The molecule has 0 radical (unpaired) electrons. The van der Waals surface area contributed by atoms with Crippen molar-refractivity contribution < 1.29 is 27.2 Å². The Bertz CT molecular complexity index is 1470. The van der Waals surface area contributed by atoms with Crippen molar-refractivity contribution in [2.75, 3.05) is 5.32 Å². The van der Waals surface area contributed by atoms with E-state index in [1.165, 1.54) is 47.1 Å². The van der Waals surface area contributed by atoms with Gasteiger partial charge in [0.15, 0.2) is 5.69 Å². The van der Waals surface area contributed by atoms with Gasteiger partial charge in [-0.05, 0) is 48.9 Å². The molecule has 2 aromatic carbocycles. The minimum atomic E-state index is -4.79. The molecule has 7 nitrogen and oxygen atoms in total. The van der Waals surface area contributed by atoms with Crippen LogP contribution in [0.5, 0.6) is 0 Å². The fraction of sp³-hybridized carbons (Fsp3) is 0.130. The molecule has 0 fully saturated rings. The van der Waals surface area contributed by atoms with Crippen LogP contribution in [0.4, 0.5) is 23.2 Å². The van der Waals surface area contributed by atoms with Crippen molar-refractivity contribution in [1.82, 2.24) is 14.8 Å². The first-order valence-electron chi connectivity index (χ1n) is 10.0. The van der Waals surface area contributed by atoms with E-state index in [2.05, 4.69) is 31.3 Å². The lowest BCUT2D eigenvalue weighted by Crippen LogP contribution is -2.19. The number of amides is 2. The maximum absolute atomic E-state index is 13.4. The predicted molar refractivity (Wildman–Crippen MR) is 123 cm³/mol. The Morgan fingerprint density at radius 2 is 1.80 bits per heavy atom. The average molecular weight is 550 g/mol. The van der Waals surface area contributed by atoms with Crippen LogP contribution in [0.2, 0.25) is 0 Å². The lowest BCUT2D eigenvalue weighted by Gasteiger charge is -2.13. The highest BCUT2D eigenvalue weighted by atomic mass is 79.9. The summed E-state index contributed by atoms with van der Waals surface area (Å²) < 4.78 is 55.4. The van der Waals surface area contributed by atoms with Crippen LogP contribution in [0.1, 0.15) is 37.8 Å². The number of hydrogen-bond donors (Lipinski definition) is 2. The molecule has 0 aliphatic carbocycles. The normalized spacial score (nSPS) is 11.6. The highest BCUT2D eigenvalue weighted by Gasteiger charge is 2.34. The first-order valence-corrected chi connectivity index (χ1v) is 10.8. The van der Waals surface area contributed by atoms with Crippen LogP contribution >= 0.6 is 15.9 Å². The summed E-state index contributed by atoms with van der Waals surface area (Å²) >= 11 is 3.24. The third-order valence-corrected chi connectivity index (χ3v) is 5.72. The molecule has 2 amide bonds. The van der Waals surface area contributed by atoms with Crippen LogP contribution in [0.3, 0.4) is 0 Å². The van der Waals surface area contributed by atoms with E-state index >= 15 is 0 Å². The van der Waals surface area contributed by atoms with Gasteiger partial charge >= 0.3 is 6.18 Å². The predicted octanol–water partition coefficient (Wildman–Crippen LogP) is 5.06. The van der Waals surface area contributed by atoms with Gasteiger partial charge in [0.1, 0.15) is 11.5 Å². The van der Waals surface area contributed by atoms with Crippen molar-refractivity contribution in [1.29, 1.82) is 0 Å². The summed E-state index contributed by atoms with van der Waals surface area (Å²) in [7, 11) is 0. The summed E-state index contributed by atoms with van der Waals surface area (Å²) in [6, 6.07) is 10.5. The largest absolute Gasteiger partial charge is 0.433 e. The van der Waals surface area contributed by atoms with E-state index in [0.29, 0.717) is 21.8 Å². The van der Waals surface area contributed by atoms with Crippen LogP contribution in [0, 0.1) is 12.7 Å². The number of nitrogens with two attached hydrogens (primary N) is 1. The van der Waals surface area contributed by atoms with Crippen molar-refractivity contribution in [3.05, 3.63) is 87.0 Å². The third-order valence-electron chi connectivity index (χ3n) is 5.23. The molecule has 35 heavy (non-hydrogen) atoms. The van der Waals surface area contributed by atoms with Gasteiger partial charge in [0.05, 0.1) is 29.0 Å². The van der Waals surface area contributed by atoms with Crippen LogP contribution in [-0.4, -0.2) is 26.6 Å². The van der Waals surface area contributed by atoms with Gasteiger partial charge in [0, 0.05) is 9.86 Å². The van der Waals surface area contributed by atoms with E-state index in [1.807, 2.05) is 0 Å². The average Bonchev–Trinajstić information content (AvgIpc) is 3.09. The first-order chi connectivity index (χ1) is 16.4. The Kier molecular flexibility index (Phi) is 6.32. The number of halogens is 5. The van der Waals surface area contributed by atoms with Crippen LogP contribution in [-0.2, 0) is 12.7 Å². The summed E-state index contributed by atoms with van der Waals surface area (Å²) in [4.78, 5) is 28.8. The maximum atomic E-state index is 13.4. The molecule has 0 atom stereocenters. The number of aromatic nitrogens is 3. The fourth-order valence-electron chi connectivity index (χ4n) is 3.50. The highest BCUT2D eigenvalue weighted by molar-refractivity contribution is 9.10. The molecule has 180 valence electrons. The zero-order valence-corrected chi connectivity index (χ0v) is 19.5. The van der Waals surface area contributed by atoms with Gasteiger partial charge in [-0.1, -0.05) is 28.1 Å².